The number of ether oxygens (including phenoxy) is 2. The summed E-state index contributed by atoms with van der Waals surface area (Å²) in [5, 5.41) is 3.10. The maximum atomic E-state index is 12.1. The standard InChI is InChI=1S/C13H18N2O3/c1-15(13(16)9-7-14-8-9)10-4-5-11(17-2)12(6-10)18-3/h4-6,9,14H,7-8H2,1-3H3. The summed E-state index contributed by atoms with van der Waals surface area (Å²) in [4.78, 5) is 13.8. The third-order valence-electron chi connectivity index (χ3n) is 3.22. The van der Waals surface area contributed by atoms with Gasteiger partial charge >= 0.3 is 0 Å². The van der Waals surface area contributed by atoms with Crippen molar-refractivity contribution in [3.8, 4) is 11.5 Å². The summed E-state index contributed by atoms with van der Waals surface area (Å²) in [7, 11) is 4.95. The Balaban J connectivity index is 2.19. The van der Waals surface area contributed by atoms with E-state index in [1.165, 1.54) is 0 Å². The zero-order chi connectivity index (χ0) is 13.1. The van der Waals surface area contributed by atoms with E-state index in [0.717, 1.165) is 18.8 Å². The van der Waals surface area contributed by atoms with Crippen LogP contribution < -0.4 is 19.7 Å². The lowest BCUT2D eigenvalue weighted by atomic mass is 10.0. The number of benzene rings is 1. The molecule has 0 aromatic heterocycles. The summed E-state index contributed by atoms with van der Waals surface area (Å²) in [6.45, 7) is 1.52. The van der Waals surface area contributed by atoms with Crippen molar-refractivity contribution in [3.63, 3.8) is 0 Å². The molecule has 1 heterocycles. The summed E-state index contributed by atoms with van der Waals surface area (Å²) in [6.07, 6.45) is 0. The van der Waals surface area contributed by atoms with Crippen LogP contribution >= 0.6 is 0 Å². The SMILES string of the molecule is COc1ccc(N(C)C(=O)C2CNC2)cc1OC. The average Bonchev–Trinajstić information content (AvgIpc) is 2.34. The first-order chi connectivity index (χ1) is 8.67. The van der Waals surface area contributed by atoms with E-state index in [0.29, 0.717) is 11.5 Å². The number of hydrogen-bond acceptors (Lipinski definition) is 4. The van der Waals surface area contributed by atoms with E-state index >= 15 is 0 Å². The molecule has 98 valence electrons. The third-order valence-corrected chi connectivity index (χ3v) is 3.22. The molecule has 0 atom stereocenters. The van der Waals surface area contributed by atoms with Crippen LogP contribution in [-0.2, 0) is 4.79 Å². The van der Waals surface area contributed by atoms with Crippen LogP contribution in [0.25, 0.3) is 0 Å². The van der Waals surface area contributed by atoms with Gasteiger partial charge in [0.15, 0.2) is 11.5 Å². The Morgan fingerprint density at radius 1 is 1.28 bits per heavy atom. The van der Waals surface area contributed by atoms with Crippen LogP contribution in [-0.4, -0.2) is 40.3 Å². The van der Waals surface area contributed by atoms with Crippen molar-refractivity contribution in [3.05, 3.63) is 18.2 Å². The molecule has 2 rings (SSSR count). The van der Waals surface area contributed by atoms with Gasteiger partial charge in [0.2, 0.25) is 5.91 Å². The van der Waals surface area contributed by atoms with Gasteiger partial charge in [0.1, 0.15) is 0 Å². The quantitative estimate of drug-likeness (QED) is 0.862. The van der Waals surface area contributed by atoms with E-state index in [1.807, 2.05) is 12.1 Å². The monoisotopic (exact) mass is 250 g/mol. The topological polar surface area (TPSA) is 50.8 Å². The van der Waals surface area contributed by atoms with Crippen LogP contribution in [0, 0.1) is 5.92 Å². The third kappa shape index (κ3) is 2.26. The summed E-state index contributed by atoms with van der Waals surface area (Å²) in [6, 6.07) is 5.46. The van der Waals surface area contributed by atoms with Crippen LogP contribution in [0.5, 0.6) is 11.5 Å². The number of anilines is 1. The highest BCUT2D eigenvalue weighted by molar-refractivity contribution is 5.95. The number of hydrogen-bond donors (Lipinski definition) is 1. The Labute approximate surface area is 107 Å². The van der Waals surface area contributed by atoms with Crippen molar-refractivity contribution in [1.82, 2.24) is 5.32 Å². The number of nitrogens with zero attached hydrogens (tertiary/aromatic N) is 1. The van der Waals surface area contributed by atoms with E-state index in [1.54, 1.807) is 32.2 Å². The molecule has 1 amide bonds. The van der Waals surface area contributed by atoms with Crippen molar-refractivity contribution >= 4 is 11.6 Å². The average molecular weight is 250 g/mol. The van der Waals surface area contributed by atoms with Crippen LogP contribution in [0.1, 0.15) is 0 Å². The first-order valence-corrected chi connectivity index (χ1v) is 5.87. The summed E-state index contributed by atoms with van der Waals surface area (Å²) < 4.78 is 10.4. The zero-order valence-corrected chi connectivity index (χ0v) is 10.9. The predicted molar refractivity (Wildman–Crippen MR) is 69.3 cm³/mol. The second-order valence-corrected chi connectivity index (χ2v) is 4.29. The van der Waals surface area contributed by atoms with Crippen LogP contribution in [0.2, 0.25) is 0 Å². The fourth-order valence-electron chi connectivity index (χ4n) is 1.90. The Bertz CT molecular complexity index is 444. The summed E-state index contributed by atoms with van der Waals surface area (Å²) >= 11 is 0. The van der Waals surface area contributed by atoms with E-state index < -0.39 is 0 Å². The van der Waals surface area contributed by atoms with Crippen molar-refractivity contribution < 1.29 is 14.3 Å². The number of methoxy groups -OCH3 is 2. The minimum atomic E-state index is 0.0862. The summed E-state index contributed by atoms with van der Waals surface area (Å²) in [5.74, 6) is 1.50. The van der Waals surface area contributed by atoms with Gasteiger partial charge in [0.25, 0.3) is 0 Å². The minimum Gasteiger partial charge on any atom is -0.493 e. The molecule has 5 heteroatoms. The molecule has 0 saturated carbocycles. The second kappa shape index (κ2) is 5.27. The molecular formula is C13H18N2O3. The molecule has 0 spiro atoms. The molecule has 1 aromatic rings. The predicted octanol–water partition coefficient (Wildman–Crippen LogP) is 0.886. The highest BCUT2D eigenvalue weighted by atomic mass is 16.5. The van der Waals surface area contributed by atoms with Crippen molar-refractivity contribution in [2.75, 3.05) is 39.3 Å². The summed E-state index contributed by atoms with van der Waals surface area (Å²) in [5.41, 5.74) is 0.810. The van der Waals surface area contributed by atoms with Crippen LogP contribution in [0.15, 0.2) is 18.2 Å². The second-order valence-electron chi connectivity index (χ2n) is 4.29. The lowest BCUT2D eigenvalue weighted by molar-refractivity contribution is -0.123. The molecule has 1 N–H and O–H groups in total. The van der Waals surface area contributed by atoms with Gasteiger partial charge in [-0.1, -0.05) is 0 Å². The zero-order valence-electron chi connectivity index (χ0n) is 10.9. The number of carbonyl (C=O) groups is 1. The van der Waals surface area contributed by atoms with Gasteiger partial charge in [0.05, 0.1) is 20.1 Å². The smallest absolute Gasteiger partial charge is 0.232 e. The van der Waals surface area contributed by atoms with Gasteiger partial charge in [-0.05, 0) is 12.1 Å². The molecule has 1 aliphatic heterocycles. The van der Waals surface area contributed by atoms with Crippen molar-refractivity contribution in [2.45, 2.75) is 0 Å². The molecule has 0 bridgehead atoms. The Morgan fingerprint density at radius 2 is 1.94 bits per heavy atom. The minimum absolute atomic E-state index is 0.0862. The highest BCUT2D eigenvalue weighted by Gasteiger charge is 2.28. The Kier molecular flexibility index (Phi) is 3.72. The first kappa shape index (κ1) is 12.7. The molecule has 1 aromatic carbocycles. The maximum absolute atomic E-state index is 12.1. The van der Waals surface area contributed by atoms with Crippen LogP contribution in [0.4, 0.5) is 5.69 Å². The molecule has 0 unspecified atom stereocenters. The molecule has 1 saturated heterocycles. The molecule has 0 aliphatic carbocycles. The lowest BCUT2D eigenvalue weighted by Crippen LogP contribution is -2.51. The lowest BCUT2D eigenvalue weighted by Gasteiger charge is -2.30. The van der Waals surface area contributed by atoms with Gasteiger partial charge in [-0.3, -0.25) is 4.79 Å². The van der Waals surface area contributed by atoms with E-state index in [9.17, 15) is 4.79 Å². The molecule has 0 radical (unpaired) electrons. The largest absolute Gasteiger partial charge is 0.493 e. The normalized spacial score (nSPS) is 14.8. The first-order valence-electron chi connectivity index (χ1n) is 5.87. The fraction of sp³-hybridized carbons (Fsp3) is 0.462. The van der Waals surface area contributed by atoms with E-state index in [4.69, 9.17) is 9.47 Å². The number of nitrogens with one attached hydrogen (secondary N) is 1. The Morgan fingerprint density at radius 3 is 2.44 bits per heavy atom. The van der Waals surface area contributed by atoms with E-state index in [2.05, 4.69) is 5.32 Å². The molecular weight excluding hydrogens is 232 g/mol. The van der Waals surface area contributed by atoms with E-state index in [-0.39, 0.29) is 11.8 Å². The van der Waals surface area contributed by atoms with Gasteiger partial charge < -0.3 is 19.7 Å². The van der Waals surface area contributed by atoms with Gasteiger partial charge in [0, 0.05) is 31.9 Å². The van der Waals surface area contributed by atoms with Gasteiger partial charge in [-0.2, -0.15) is 0 Å². The van der Waals surface area contributed by atoms with Crippen LogP contribution in [0.3, 0.4) is 0 Å². The number of amides is 1. The molecule has 1 aliphatic rings. The molecule has 18 heavy (non-hydrogen) atoms. The van der Waals surface area contributed by atoms with Gasteiger partial charge in [-0.25, -0.2) is 0 Å². The fourth-order valence-corrected chi connectivity index (χ4v) is 1.90. The van der Waals surface area contributed by atoms with Crippen molar-refractivity contribution in [1.29, 1.82) is 0 Å². The molecule has 1 fully saturated rings. The number of rotatable bonds is 4. The van der Waals surface area contributed by atoms with Gasteiger partial charge in [-0.15, -0.1) is 0 Å². The van der Waals surface area contributed by atoms with Crippen molar-refractivity contribution in [2.24, 2.45) is 5.92 Å². The number of carbonyl (C=O) groups excluding carboxylic acids is 1. The maximum Gasteiger partial charge on any atom is 0.232 e. The molecule has 5 nitrogen and oxygen atoms in total. The Hall–Kier alpha value is -1.75. The highest BCUT2D eigenvalue weighted by Crippen LogP contribution is 2.31.